The number of anilines is 4. The van der Waals surface area contributed by atoms with Crippen molar-refractivity contribution in [3.05, 3.63) is 59.2 Å². The molecular weight excluding hydrogens is 887 g/mol. The van der Waals surface area contributed by atoms with E-state index in [2.05, 4.69) is 51.9 Å². The minimum Gasteiger partial charge on any atom is -0.485 e. The van der Waals surface area contributed by atoms with Gasteiger partial charge in [0.2, 0.25) is 11.8 Å². The van der Waals surface area contributed by atoms with Gasteiger partial charge in [-0.1, -0.05) is 0 Å². The molecule has 0 unspecified atom stereocenters. The molecule has 0 spiro atoms. The van der Waals surface area contributed by atoms with E-state index >= 15 is 0 Å². The van der Waals surface area contributed by atoms with Gasteiger partial charge >= 0.3 is 12.4 Å². The summed E-state index contributed by atoms with van der Waals surface area (Å²) in [7, 11) is 0. The number of amides is 4. The number of guanidine groups is 2. The Morgan fingerprint density at radius 3 is 1.32 bits per heavy atom. The fourth-order valence-electron chi connectivity index (χ4n) is 6.62. The van der Waals surface area contributed by atoms with Crippen LogP contribution >= 0.6 is 0 Å². The molecule has 66 heavy (non-hydrogen) atoms. The van der Waals surface area contributed by atoms with E-state index in [1.54, 1.807) is 0 Å². The molecule has 2 aliphatic rings. The topological polar surface area (TPSA) is 313 Å². The number of hydrogen-bond acceptors (Lipinski definition) is 12. The van der Waals surface area contributed by atoms with Crippen LogP contribution in [-0.2, 0) is 21.9 Å². The maximum atomic E-state index is 14.3. The monoisotopic (exact) mass is 936 g/mol. The van der Waals surface area contributed by atoms with Gasteiger partial charge in [0, 0.05) is 45.1 Å². The lowest BCUT2D eigenvalue weighted by Gasteiger charge is -2.22. The molecule has 2 aliphatic heterocycles. The van der Waals surface area contributed by atoms with E-state index in [0.717, 1.165) is 12.4 Å². The smallest absolute Gasteiger partial charge is 0.416 e. The maximum absolute atomic E-state index is 14.3. The van der Waals surface area contributed by atoms with E-state index < -0.39 is 93.5 Å². The number of unbranched alkanes of at least 4 members (excludes halogenated alkanes) is 2. The van der Waals surface area contributed by atoms with E-state index in [9.17, 15) is 45.5 Å². The molecule has 0 radical (unpaired) electrons. The van der Waals surface area contributed by atoms with Crippen molar-refractivity contribution in [2.24, 2.45) is 32.9 Å². The second-order valence-corrected chi connectivity index (χ2v) is 15.1. The third-order valence-corrected chi connectivity index (χ3v) is 9.82. The van der Waals surface area contributed by atoms with Crippen molar-refractivity contribution in [2.45, 2.75) is 75.9 Å². The predicted molar refractivity (Wildman–Crippen MR) is 231 cm³/mol. The molecule has 5 rings (SSSR count). The number of benzene rings is 2. The molecule has 14 N–H and O–H groups in total. The van der Waals surface area contributed by atoms with Crippen LogP contribution in [0.3, 0.4) is 0 Å². The van der Waals surface area contributed by atoms with Gasteiger partial charge in [-0.3, -0.25) is 29.2 Å². The average molecular weight is 937 g/mol. The number of rotatable bonds is 20. The van der Waals surface area contributed by atoms with Gasteiger partial charge in [-0.25, -0.2) is 9.97 Å². The molecule has 2 saturated heterocycles. The zero-order valence-electron chi connectivity index (χ0n) is 35.3. The van der Waals surface area contributed by atoms with Crippen LogP contribution in [0.15, 0.2) is 46.6 Å². The molecule has 3 heterocycles. The third-order valence-electron chi connectivity index (χ3n) is 9.82. The number of nitrogens with one attached hydrogen (secondary N) is 6. The highest BCUT2D eigenvalue weighted by molar-refractivity contribution is 6.09. The van der Waals surface area contributed by atoms with E-state index in [-0.39, 0.29) is 62.2 Å². The van der Waals surface area contributed by atoms with Crippen LogP contribution in [0.5, 0.6) is 11.5 Å². The highest BCUT2D eigenvalue weighted by Gasteiger charge is 2.36. The summed E-state index contributed by atoms with van der Waals surface area (Å²) in [5.74, 6) is -4.53. The molecule has 4 amide bonds. The Balaban J connectivity index is 1.43. The number of nitrogens with two attached hydrogens (primary N) is 4. The summed E-state index contributed by atoms with van der Waals surface area (Å²) in [4.78, 5) is 68.9. The number of nitrogens with zero attached hydrogens (tertiary/aromatic N) is 4. The van der Waals surface area contributed by atoms with Gasteiger partial charge in [0.1, 0.15) is 29.9 Å². The van der Waals surface area contributed by atoms with Gasteiger partial charge in [-0.2, -0.15) is 26.3 Å². The van der Waals surface area contributed by atoms with Crippen LogP contribution in [0, 0.1) is 0 Å². The number of hydrogen-bond donors (Lipinski definition) is 10. The van der Waals surface area contributed by atoms with Gasteiger partial charge < -0.3 is 64.3 Å². The van der Waals surface area contributed by atoms with Gasteiger partial charge in [-0.05, 0) is 75.9 Å². The zero-order chi connectivity index (χ0) is 48.0. The van der Waals surface area contributed by atoms with Crippen molar-refractivity contribution in [2.75, 3.05) is 60.5 Å². The van der Waals surface area contributed by atoms with Crippen LogP contribution in [0.4, 0.5) is 49.1 Å². The lowest BCUT2D eigenvalue weighted by molar-refractivity contribution is -0.138. The Bertz CT molecular complexity index is 2120. The molecule has 20 nitrogen and oxygen atoms in total. The van der Waals surface area contributed by atoms with Crippen molar-refractivity contribution >= 4 is 58.3 Å². The lowest BCUT2D eigenvalue weighted by atomic mass is 10.1. The van der Waals surface area contributed by atoms with Crippen LogP contribution in [0.1, 0.15) is 83.5 Å². The number of carbonyl (C=O) groups excluding carboxylic acids is 4. The minimum atomic E-state index is -4.97. The Kier molecular flexibility index (Phi) is 17.3. The van der Waals surface area contributed by atoms with Crippen LogP contribution in [0.25, 0.3) is 0 Å². The largest absolute Gasteiger partial charge is 0.485 e. The fraction of sp³-hybridized carbons (Fsp3) is 0.450. The summed E-state index contributed by atoms with van der Waals surface area (Å²) >= 11 is 0. The van der Waals surface area contributed by atoms with E-state index in [4.69, 9.17) is 32.4 Å². The number of aromatic nitrogens is 2. The van der Waals surface area contributed by atoms with Gasteiger partial charge in [0.15, 0.2) is 23.4 Å². The number of halogens is 6. The number of aliphatic imine (C=N–C) groups is 2. The van der Waals surface area contributed by atoms with Crippen molar-refractivity contribution < 1.29 is 55.0 Å². The minimum absolute atomic E-state index is 0.126. The predicted octanol–water partition coefficient (Wildman–Crippen LogP) is 3.26. The Hall–Kier alpha value is -6.96. The second kappa shape index (κ2) is 22.8. The summed E-state index contributed by atoms with van der Waals surface area (Å²) in [6, 6.07) is 3.40. The molecule has 3 aromatic rings. The first-order valence-corrected chi connectivity index (χ1v) is 20.7. The van der Waals surface area contributed by atoms with Gasteiger partial charge in [-0.15, -0.1) is 0 Å². The molecule has 0 saturated carbocycles. The summed E-state index contributed by atoms with van der Waals surface area (Å²) in [6.07, 6.45) is -8.36. The van der Waals surface area contributed by atoms with E-state index in [1.807, 2.05) is 0 Å². The summed E-state index contributed by atoms with van der Waals surface area (Å²) in [5, 5.41) is 15.7. The van der Waals surface area contributed by atoms with Crippen molar-refractivity contribution in [3.8, 4) is 11.5 Å². The van der Waals surface area contributed by atoms with Gasteiger partial charge in [0.25, 0.3) is 11.8 Å². The Morgan fingerprint density at radius 2 is 0.985 bits per heavy atom. The molecule has 0 aliphatic carbocycles. The summed E-state index contributed by atoms with van der Waals surface area (Å²) in [5.41, 5.74) is 15.8. The molecular formula is C40H50F6N14O6. The fourth-order valence-corrected chi connectivity index (χ4v) is 6.62. The molecule has 2 atom stereocenters. The van der Waals surface area contributed by atoms with Crippen molar-refractivity contribution in [3.63, 3.8) is 0 Å². The summed E-state index contributed by atoms with van der Waals surface area (Å²) in [6.45, 7) is 2.05. The number of ether oxygens (including phenoxy) is 2. The van der Waals surface area contributed by atoms with Crippen LogP contribution in [0.2, 0.25) is 0 Å². The van der Waals surface area contributed by atoms with E-state index in [1.165, 1.54) is 0 Å². The van der Waals surface area contributed by atoms with Crippen LogP contribution in [-0.4, -0.2) is 97.0 Å². The highest BCUT2D eigenvalue weighted by Crippen LogP contribution is 2.43. The lowest BCUT2D eigenvalue weighted by Crippen LogP contribution is -2.24. The maximum Gasteiger partial charge on any atom is 0.416 e. The number of carbonyl (C=O) groups is 4. The quantitative estimate of drug-likeness (QED) is 0.0337. The zero-order valence-corrected chi connectivity index (χ0v) is 35.3. The average Bonchev–Trinajstić information content (AvgIpc) is 3.97. The standard InChI is InChI=1S/C40H50F6N14O6/c41-39(42,43)21-13-25(57-31(61)5-1-3-9-53-37(47)48)33(65-23-7-11-51-18-23)27(15-21)59-35(63)29-17-30(56-20-55-29)36(64)60-28-16-22(40(44,45)46)14-26(34(28)66-24-8-12-52-19-24)58-32(62)6-2-4-10-54-38(49)50/h13-17,20,23-24,51-52H,1-12,18-19H2,(H,57,61)(H,58,62)(H,59,63)(H,60,64)(H4,47,48,53)(H4,49,50,54)/t23-,24-/m0/s1. The van der Waals surface area contributed by atoms with Crippen molar-refractivity contribution in [1.82, 2.24) is 20.6 Å². The summed E-state index contributed by atoms with van der Waals surface area (Å²) < 4.78 is 97.9. The number of alkyl halides is 6. The molecule has 358 valence electrons. The second-order valence-electron chi connectivity index (χ2n) is 15.1. The van der Waals surface area contributed by atoms with Gasteiger partial charge in [0.05, 0.1) is 33.9 Å². The van der Waals surface area contributed by atoms with Crippen LogP contribution < -0.4 is 64.3 Å². The molecule has 0 bridgehead atoms. The Labute approximate surface area is 373 Å². The van der Waals surface area contributed by atoms with Crippen molar-refractivity contribution in [1.29, 1.82) is 0 Å². The molecule has 2 aromatic carbocycles. The third kappa shape index (κ3) is 15.1. The normalized spacial score (nSPS) is 15.9. The first kappa shape index (κ1) is 50.0. The van der Waals surface area contributed by atoms with E-state index in [0.29, 0.717) is 76.1 Å². The first-order chi connectivity index (χ1) is 31.3. The molecule has 2 fully saturated rings. The molecule has 1 aromatic heterocycles. The first-order valence-electron chi connectivity index (χ1n) is 20.7. The Morgan fingerprint density at radius 1 is 0.606 bits per heavy atom. The highest BCUT2D eigenvalue weighted by atomic mass is 19.4. The molecule has 26 heteroatoms. The SMILES string of the molecule is NC(N)=NCCCCC(=O)Nc1cc(C(F)(F)F)cc(NC(=O)c2cc(C(=O)Nc3cc(C(F)(F)F)cc(NC(=O)CCCCN=C(N)N)c3O[C@H]3CCNC3)ncn2)c1O[C@H]1CCNC1.